The quantitative estimate of drug-likeness (QED) is 0.695. The summed E-state index contributed by atoms with van der Waals surface area (Å²) in [5.41, 5.74) is 5.35. The van der Waals surface area contributed by atoms with Crippen LogP contribution in [0.3, 0.4) is 0 Å². The Labute approximate surface area is 104 Å². The molecule has 0 radical (unpaired) electrons. The number of aromatic nitrogens is 4. The minimum absolute atomic E-state index is 0. The smallest absolute Gasteiger partial charge is 0.320 e. The third-order valence-corrected chi connectivity index (χ3v) is 2.04. The van der Waals surface area contributed by atoms with Gasteiger partial charge in [0.25, 0.3) is 0 Å². The van der Waals surface area contributed by atoms with Gasteiger partial charge in [-0.15, -0.1) is 17.5 Å². The summed E-state index contributed by atoms with van der Waals surface area (Å²) in [5.74, 6) is -0.497. The van der Waals surface area contributed by atoms with Crippen molar-refractivity contribution in [3.8, 4) is 6.07 Å². The predicted molar refractivity (Wildman–Crippen MR) is 59.2 cm³/mol. The largest absolute Gasteiger partial charge is 0.480 e. The van der Waals surface area contributed by atoms with Gasteiger partial charge in [-0.05, 0) is 16.8 Å². The molecular weight excluding hydrogens is 248 g/mol. The Bertz CT molecular complexity index is 401. The van der Waals surface area contributed by atoms with Crippen LogP contribution in [0.15, 0.2) is 0 Å². The molecule has 8 nitrogen and oxygen atoms in total. The van der Waals surface area contributed by atoms with E-state index in [1.165, 1.54) is 4.68 Å². The summed E-state index contributed by atoms with van der Waals surface area (Å²) in [6.07, 6.45) is 0.956. The van der Waals surface area contributed by atoms with E-state index in [4.69, 9.17) is 16.1 Å². The van der Waals surface area contributed by atoms with Gasteiger partial charge in [-0.25, -0.2) is 4.68 Å². The van der Waals surface area contributed by atoms with Gasteiger partial charge in [0.2, 0.25) is 0 Å². The first-order chi connectivity index (χ1) is 7.65. The average Bonchev–Trinajstić information content (AvgIpc) is 2.70. The number of carbonyl (C=O) groups is 1. The van der Waals surface area contributed by atoms with Crippen LogP contribution in [-0.2, 0) is 17.8 Å². The number of hydrogen-bond acceptors (Lipinski definition) is 6. The lowest BCUT2D eigenvalue weighted by Crippen LogP contribution is -2.30. The van der Waals surface area contributed by atoms with Gasteiger partial charge < -0.3 is 10.8 Å². The number of carboxylic acid groups (broad SMARTS) is 1. The van der Waals surface area contributed by atoms with Gasteiger partial charge in [-0.2, -0.15) is 5.26 Å². The summed E-state index contributed by atoms with van der Waals surface area (Å²) in [6, 6.07) is 1.07. The van der Waals surface area contributed by atoms with E-state index in [1.807, 2.05) is 6.07 Å². The molecule has 0 saturated carbocycles. The first-order valence-corrected chi connectivity index (χ1v) is 4.75. The Kier molecular flexibility index (Phi) is 6.77. The van der Waals surface area contributed by atoms with Crippen molar-refractivity contribution in [2.45, 2.75) is 31.8 Å². The van der Waals surface area contributed by atoms with Crippen LogP contribution in [0.2, 0.25) is 0 Å². The molecule has 1 aromatic rings. The highest BCUT2D eigenvalue weighted by atomic mass is 35.5. The van der Waals surface area contributed by atoms with Crippen molar-refractivity contribution in [1.82, 2.24) is 20.2 Å². The molecule has 3 N–H and O–H groups in total. The first-order valence-electron chi connectivity index (χ1n) is 4.75. The molecule has 9 heteroatoms. The zero-order chi connectivity index (χ0) is 12.0. The molecule has 0 spiro atoms. The number of aliphatic carboxylic acids is 1. The summed E-state index contributed by atoms with van der Waals surface area (Å²) in [7, 11) is 0. The standard InChI is InChI=1S/C8H12N6O2.ClH/c9-4-1-5-14-7(11-12-13-14)3-2-6(10)8(15)16;/h6H,1-3,5,10H2,(H,15,16);1H. The Hall–Kier alpha value is -1.72. The van der Waals surface area contributed by atoms with Gasteiger partial charge >= 0.3 is 5.97 Å². The maximum atomic E-state index is 10.5. The number of nitrogens with zero attached hydrogens (tertiary/aromatic N) is 5. The summed E-state index contributed by atoms with van der Waals surface area (Å²) in [5, 5.41) is 27.9. The van der Waals surface area contributed by atoms with Crippen LogP contribution >= 0.6 is 12.4 Å². The molecule has 0 aromatic carbocycles. The molecule has 0 aliphatic heterocycles. The topological polar surface area (TPSA) is 131 Å². The number of nitriles is 1. The summed E-state index contributed by atoms with van der Waals surface area (Å²) >= 11 is 0. The van der Waals surface area contributed by atoms with Crippen LogP contribution in [0, 0.1) is 11.3 Å². The van der Waals surface area contributed by atoms with Crippen LogP contribution < -0.4 is 5.73 Å². The van der Waals surface area contributed by atoms with Gasteiger partial charge in [-0.3, -0.25) is 4.79 Å². The zero-order valence-corrected chi connectivity index (χ0v) is 9.80. The Balaban J connectivity index is 0.00000256. The molecule has 1 aromatic heterocycles. The Morgan fingerprint density at radius 1 is 1.65 bits per heavy atom. The van der Waals surface area contributed by atoms with Gasteiger partial charge in [0.1, 0.15) is 6.04 Å². The molecule has 1 atom stereocenters. The Morgan fingerprint density at radius 3 is 2.94 bits per heavy atom. The van der Waals surface area contributed by atoms with Crippen molar-refractivity contribution < 1.29 is 9.90 Å². The van der Waals surface area contributed by atoms with E-state index in [2.05, 4.69) is 15.5 Å². The van der Waals surface area contributed by atoms with Gasteiger partial charge in [0.05, 0.1) is 19.0 Å². The monoisotopic (exact) mass is 260 g/mol. The van der Waals surface area contributed by atoms with Crippen LogP contribution in [0.4, 0.5) is 0 Å². The molecule has 1 rings (SSSR count). The normalized spacial score (nSPS) is 11.3. The van der Waals surface area contributed by atoms with Crippen molar-refractivity contribution in [1.29, 1.82) is 5.26 Å². The molecular formula is C8H13ClN6O2. The Morgan fingerprint density at radius 2 is 2.35 bits per heavy atom. The summed E-state index contributed by atoms with van der Waals surface area (Å²) in [6.45, 7) is 0.404. The van der Waals surface area contributed by atoms with E-state index < -0.39 is 12.0 Å². The zero-order valence-electron chi connectivity index (χ0n) is 8.98. The molecule has 94 valence electrons. The SMILES string of the molecule is Cl.N#CCCn1nnnc1CCC(N)C(=O)O. The van der Waals surface area contributed by atoms with Gasteiger partial charge in [0.15, 0.2) is 5.82 Å². The lowest BCUT2D eigenvalue weighted by molar-refractivity contribution is -0.138. The fourth-order valence-corrected chi connectivity index (χ4v) is 1.14. The van der Waals surface area contributed by atoms with Crippen LogP contribution in [-0.4, -0.2) is 37.3 Å². The minimum Gasteiger partial charge on any atom is -0.480 e. The summed E-state index contributed by atoms with van der Waals surface area (Å²) < 4.78 is 1.48. The molecule has 0 aliphatic rings. The molecule has 0 aliphatic carbocycles. The average molecular weight is 261 g/mol. The number of halogens is 1. The third kappa shape index (κ3) is 4.76. The molecule has 17 heavy (non-hydrogen) atoms. The second kappa shape index (κ2) is 7.54. The number of aryl methyl sites for hydroxylation is 2. The first kappa shape index (κ1) is 15.3. The fourth-order valence-electron chi connectivity index (χ4n) is 1.14. The minimum atomic E-state index is -1.05. The number of hydrogen-bond donors (Lipinski definition) is 2. The highest BCUT2D eigenvalue weighted by Gasteiger charge is 2.13. The second-order valence-corrected chi connectivity index (χ2v) is 3.21. The number of tetrazole rings is 1. The predicted octanol–water partition coefficient (Wildman–Crippen LogP) is -0.647. The number of nitrogens with two attached hydrogens (primary N) is 1. The van der Waals surface area contributed by atoms with E-state index in [9.17, 15) is 4.79 Å². The van der Waals surface area contributed by atoms with E-state index in [-0.39, 0.29) is 18.8 Å². The third-order valence-electron chi connectivity index (χ3n) is 2.04. The van der Waals surface area contributed by atoms with E-state index in [0.717, 1.165) is 0 Å². The van der Waals surface area contributed by atoms with Crippen LogP contribution in [0.5, 0.6) is 0 Å². The van der Waals surface area contributed by atoms with Gasteiger partial charge in [-0.1, -0.05) is 0 Å². The van der Waals surface area contributed by atoms with Crippen molar-refractivity contribution in [2.24, 2.45) is 5.73 Å². The number of rotatable bonds is 6. The molecule has 0 bridgehead atoms. The molecule has 0 fully saturated rings. The van der Waals surface area contributed by atoms with Crippen molar-refractivity contribution in [2.75, 3.05) is 0 Å². The molecule has 0 saturated heterocycles. The lowest BCUT2D eigenvalue weighted by Gasteiger charge is -2.05. The molecule has 1 unspecified atom stereocenters. The maximum Gasteiger partial charge on any atom is 0.320 e. The van der Waals surface area contributed by atoms with E-state index >= 15 is 0 Å². The van der Waals surface area contributed by atoms with E-state index in [0.29, 0.717) is 25.2 Å². The van der Waals surface area contributed by atoms with Crippen LogP contribution in [0.1, 0.15) is 18.7 Å². The van der Waals surface area contributed by atoms with E-state index in [1.54, 1.807) is 0 Å². The van der Waals surface area contributed by atoms with Crippen molar-refractivity contribution >= 4 is 18.4 Å². The van der Waals surface area contributed by atoms with Crippen molar-refractivity contribution in [3.63, 3.8) is 0 Å². The fraction of sp³-hybridized carbons (Fsp3) is 0.625. The van der Waals surface area contributed by atoms with Gasteiger partial charge in [0, 0.05) is 6.42 Å². The number of carboxylic acids is 1. The molecule has 1 heterocycles. The highest BCUT2D eigenvalue weighted by Crippen LogP contribution is 2.01. The maximum absolute atomic E-state index is 10.5. The van der Waals surface area contributed by atoms with Crippen LogP contribution in [0.25, 0.3) is 0 Å². The lowest BCUT2D eigenvalue weighted by atomic mass is 10.1. The summed E-state index contributed by atoms with van der Waals surface area (Å²) in [4.78, 5) is 10.5. The molecule has 0 amide bonds. The second-order valence-electron chi connectivity index (χ2n) is 3.21. The highest BCUT2D eigenvalue weighted by molar-refractivity contribution is 5.85. The van der Waals surface area contributed by atoms with Crippen molar-refractivity contribution in [3.05, 3.63) is 5.82 Å².